The molecular weight excluding hydrogens is 176 g/mol. The lowest BCUT2D eigenvalue weighted by Gasteiger charge is -2.05. The molecule has 0 atom stereocenters. The van der Waals surface area contributed by atoms with Gasteiger partial charge in [-0.3, -0.25) is 10.2 Å². The number of rotatable bonds is 2. The summed E-state index contributed by atoms with van der Waals surface area (Å²) in [5.74, 6) is 0.544. The standard InChI is InChI=1S/C6H10N4OS/c1-4-7-8-6(12-3)10(4)9-5(2)11/h1-3H3,(H,9,11). The molecule has 0 saturated heterocycles. The van der Waals surface area contributed by atoms with E-state index < -0.39 is 0 Å². The number of thioether (sulfide) groups is 1. The minimum Gasteiger partial charge on any atom is -0.274 e. The Hall–Kier alpha value is -1.04. The third-order valence-corrected chi connectivity index (χ3v) is 1.88. The second kappa shape index (κ2) is 3.57. The maximum absolute atomic E-state index is 10.7. The van der Waals surface area contributed by atoms with Crippen LogP contribution < -0.4 is 5.43 Å². The van der Waals surface area contributed by atoms with Gasteiger partial charge in [0, 0.05) is 6.92 Å². The molecule has 0 bridgehead atoms. The first-order valence-electron chi connectivity index (χ1n) is 3.38. The minimum absolute atomic E-state index is 0.131. The van der Waals surface area contributed by atoms with E-state index in [1.54, 1.807) is 11.6 Å². The molecule has 0 aliphatic heterocycles. The van der Waals surface area contributed by atoms with Crippen molar-refractivity contribution in [3.05, 3.63) is 5.82 Å². The van der Waals surface area contributed by atoms with Gasteiger partial charge in [0.1, 0.15) is 5.82 Å². The number of aromatic nitrogens is 3. The van der Waals surface area contributed by atoms with Gasteiger partial charge in [0.05, 0.1) is 0 Å². The van der Waals surface area contributed by atoms with Gasteiger partial charge in [0.15, 0.2) is 0 Å². The molecule has 1 rings (SSSR count). The monoisotopic (exact) mass is 186 g/mol. The molecule has 1 heterocycles. The van der Waals surface area contributed by atoms with Gasteiger partial charge in [0.25, 0.3) is 0 Å². The summed E-state index contributed by atoms with van der Waals surface area (Å²) in [6.45, 7) is 3.23. The van der Waals surface area contributed by atoms with Crippen LogP contribution in [0.3, 0.4) is 0 Å². The molecule has 0 fully saturated rings. The zero-order valence-electron chi connectivity index (χ0n) is 7.16. The van der Waals surface area contributed by atoms with Gasteiger partial charge < -0.3 is 0 Å². The van der Waals surface area contributed by atoms with Crippen LogP contribution in [0.4, 0.5) is 0 Å². The van der Waals surface area contributed by atoms with Gasteiger partial charge in [0.2, 0.25) is 11.1 Å². The summed E-state index contributed by atoms with van der Waals surface area (Å²) in [5, 5.41) is 8.35. The third-order valence-electron chi connectivity index (χ3n) is 1.25. The van der Waals surface area contributed by atoms with Crippen LogP contribution in [0.2, 0.25) is 0 Å². The second-order valence-corrected chi connectivity index (χ2v) is 3.01. The molecule has 12 heavy (non-hydrogen) atoms. The summed E-state index contributed by atoms with van der Waals surface area (Å²) >= 11 is 1.43. The molecule has 0 aliphatic rings. The van der Waals surface area contributed by atoms with Gasteiger partial charge in [-0.15, -0.1) is 10.2 Å². The molecule has 5 nitrogen and oxygen atoms in total. The summed E-state index contributed by atoms with van der Waals surface area (Å²) in [6.07, 6.45) is 1.88. The van der Waals surface area contributed by atoms with Crippen LogP contribution >= 0.6 is 11.8 Å². The topological polar surface area (TPSA) is 59.8 Å². The highest BCUT2D eigenvalue weighted by Gasteiger charge is 2.07. The lowest BCUT2D eigenvalue weighted by molar-refractivity contribution is -0.115. The lowest BCUT2D eigenvalue weighted by atomic mass is 10.7. The van der Waals surface area contributed by atoms with E-state index in [9.17, 15) is 4.79 Å². The third kappa shape index (κ3) is 1.76. The SMILES string of the molecule is CSc1nnc(C)n1NC(C)=O. The number of hydrogen-bond acceptors (Lipinski definition) is 4. The summed E-state index contributed by atoms with van der Waals surface area (Å²) in [7, 11) is 0. The van der Waals surface area contributed by atoms with Gasteiger partial charge in [-0.1, -0.05) is 11.8 Å². The average Bonchev–Trinajstić information content (AvgIpc) is 2.32. The van der Waals surface area contributed by atoms with E-state index >= 15 is 0 Å². The van der Waals surface area contributed by atoms with Crippen LogP contribution in [0.5, 0.6) is 0 Å². The van der Waals surface area contributed by atoms with Crippen LogP contribution in [-0.2, 0) is 4.79 Å². The van der Waals surface area contributed by atoms with Crippen LogP contribution in [-0.4, -0.2) is 27.0 Å². The van der Waals surface area contributed by atoms with Gasteiger partial charge in [-0.05, 0) is 13.2 Å². The Bertz CT molecular complexity index is 296. The molecule has 6 heteroatoms. The smallest absolute Gasteiger partial charge is 0.235 e. The van der Waals surface area contributed by atoms with Gasteiger partial charge >= 0.3 is 0 Å². The minimum atomic E-state index is -0.131. The van der Waals surface area contributed by atoms with Crippen molar-refractivity contribution < 1.29 is 4.79 Å². The first kappa shape index (κ1) is 9.05. The maximum Gasteiger partial charge on any atom is 0.235 e. The molecule has 66 valence electrons. The normalized spacial score (nSPS) is 9.92. The first-order chi connectivity index (χ1) is 5.65. The van der Waals surface area contributed by atoms with E-state index in [4.69, 9.17) is 0 Å². The van der Waals surface area contributed by atoms with Crippen molar-refractivity contribution in [1.29, 1.82) is 0 Å². The fourth-order valence-corrected chi connectivity index (χ4v) is 1.24. The zero-order valence-corrected chi connectivity index (χ0v) is 7.97. The molecule has 1 aromatic heterocycles. The molecule has 1 amide bonds. The highest BCUT2D eigenvalue weighted by Crippen LogP contribution is 2.10. The predicted molar refractivity (Wildman–Crippen MR) is 46.6 cm³/mol. The number of hydrogen-bond donors (Lipinski definition) is 1. The largest absolute Gasteiger partial charge is 0.274 e. The number of carbonyl (C=O) groups excluding carboxylic acids is 1. The van der Waals surface area contributed by atoms with Crippen molar-refractivity contribution in [2.75, 3.05) is 11.7 Å². The van der Waals surface area contributed by atoms with E-state index in [1.165, 1.54) is 18.7 Å². The Balaban J connectivity index is 2.94. The van der Waals surface area contributed by atoms with Crippen LogP contribution in [0.1, 0.15) is 12.7 Å². The average molecular weight is 186 g/mol. The molecule has 0 aliphatic carbocycles. The molecule has 0 spiro atoms. The number of carbonyl (C=O) groups is 1. The zero-order chi connectivity index (χ0) is 9.14. The number of nitrogens with zero attached hydrogens (tertiary/aromatic N) is 3. The molecular formula is C6H10N4OS. The Labute approximate surface area is 74.5 Å². The first-order valence-corrected chi connectivity index (χ1v) is 4.61. The molecule has 1 N–H and O–H groups in total. The van der Waals surface area contributed by atoms with Crippen molar-refractivity contribution in [3.8, 4) is 0 Å². The van der Waals surface area contributed by atoms with E-state index in [0.717, 1.165) is 0 Å². The van der Waals surface area contributed by atoms with Crippen LogP contribution in [0, 0.1) is 6.92 Å². The van der Waals surface area contributed by atoms with E-state index in [0.29, 0.717) is 11.0 Å². The Kier molecular flexibility index (Phi) is 2.69. The highest BCUT2D eigenvalue weighted by molar-refractivity contribution is 7.98. The van der Waals surface area contributed by atoms with Crippen molar-refractivity contribution in [2.24, 2.45) is 0 Å². The Morgan fingerprint density at radius 1 is 1.58 bits per heavy atom. The Morgan fingerprint density at radius 3 is 2.75 bits per heavy atom. The number of aryl methyl sites for hydroxylation is 1. The van der Waals surface area contributed by atoms with Gasteiger partial charge in [-0.25, -0.2) is 4.68 Å². The predicted octanol–water partition coefficient (Wildman–Crippen LogP) is 0.398. The van der Waals surface area contributed by atoms with Crippen molar-refractivity contribution in [2.45, 2.75) is 19.0 Å². The number of nitrogens with one attached hydrogen (secondary N) is 1. The summed E-state index contributed by atoms with van der Waals surface area (Å²) in [4.78, 5) is 10.7. The van der Waals surface area contributed by atoms with Crippen molar-refractivity contribution >= 4 is 17.7 Å². The van der Waals surface area contributed by atoms with E-state index in [2.05, 4.69) is 15.6 Å². The molecule has 1 aromatic rings. The summed E-state index contributed by atoms with van der Waals surface area (Å²) < 4.78 is 1.56. The van der Waals surface area contributed by atoms with Crippen LogP contribution in [0.25, 0.3) is 0 Å². The molecule has 0 saturated carbocycles. The Morgan fingerprint density at radius 2 is 2.25 bits per heavy atom. The fraction of sp³-hybridized carbons (Fsp3) is 0.500. The fourth-order valence-electron chi connectivity index (χ4n) is 0.761. The molecule has 0 unspecified atom stereocenters. The molecule has 0 radical (unpaired) electrons. The summed E-state index contributed by atoms with van der Waals surface area (Å²) in [5.41, 5.74) is 2.60. The van der Waals surface area contributed by atoms with Crippen molar-refractivity contribution in [1.82, 2.24) is 14.9 Å². The van der Waals surface area contributed by atoms with Crippen molar-refractivity contribution in [3.63, 3.8) is 0 Å². The highest BCUT2D eigenvalue weighted by atomic mass is 32.2. The van der Waals surface area contributed by atoms with E-state index in [1.807, 2.05) is 6.26 Å². The maximum atomic E-state index is 10.7. The van der Waals surface area contributed by atoms with Crippen LogP contribution in [0.15, 0.2) is 5.16 Å². The quantitative estimate of drug-likeness (QED) is 0.679. The number of amides is 1. The second-order valence-electron chi connectivity index (χ2n) is 2.24. The molecule has 0 aromatic carbocycles. The van der Waals surface area contributed by atoms with Gasteiger partial charge in [-0.2, -0.15) is 0 Å². The van der Waals surface area contributed by atoms with E-state index in [-0.39, 0.29) is 5.91 Å². The summed E-state index contributed by atoms with van der Waals surface area (Å²) in [6, 6.07) is 0. The lowest BCUT2D eigenvalue weighted by Crippen LogP contribution is -2.21.